The number of nitriles is 1. The largest absolute Gasteiger partial charge is 0.485 e. The van der Waals surface area contributed by atoms with Gasteiger partial charge in [0, 0.05) is 6.26 Å². The number of sulfone groups is 1. The molecular formula is C18H16N4O5S. The van der Waals surface area contributed by atoms with Crippen LogP contribution in [0.4, 0.5) is 0 Å². The topological polar surface area (TPSA) is 132 Å². The first kappa shape index (κ1) is 19.3. The van der Waals surface area contributed by atoms with Gasteiger partial charge in [0.05, 0.1) is 5.69 Å². The van der Waals surface area contributed by atoms with Crippen molar-refractivity contribution in [3.05, 3.63) is 52.0 Å². The summed E-state index contributed by atoms with van der Waals surface area (Å²) in [5.74, 6) is 1.77. The van der Waals surface area contributed by atoms with Gasteiger partial charge in [-0.3, -0.25) is 0 Å². The molecule has 0 saturated carbocycles. The third-order valence-corrected chi connectivity index (χ3v) is 4.78. The van der Waals surface area contributed by atoms with Gasteiger partial charge in [-0.1, -0.05) is 22.4 Å². The van der Waals surface area contributed by atoms with Crippen LogP contribution in [0.15, 0.2) is 38.2 Å². The second-order valence-electron chi connectivity index (χ2n) is 5.97. The molecule has 0 radical (unpaired) electrons. The first-order chi connectivity index (χ1) is 13.3. The summed E-state index contributed by atoms with van der Waals surface area (Å²) in [6.07, 6.45) is 2.29. The zero-order valence-electron chi connectivity index (χ0n) is 15.3. The Balaban J connectivity index is 1.68. The van der Waals surface area contributed by atoms with E-state index in [0.717, 1.165) is 6.26 Å². The van der Waals surface area contributed by atoms with Crippen LogP contribution in [0.3, 0.4) is 0 Å². The Kier molecular flexibility index (Phi) is 5.28. The Hall–Kier alpha value is -3.45. The number of ether oxygens (including phenoxy) is 1. The van der Waals surface area contributed by atoms with Crippen molar-refractivity contribution in [2.45, 2.75) is 20.5 Å². The fraction of sp³-hybridized carbons (Fsp3) is 0.222. The fourth-order valence-electron chi connectivity index (χ4n) is 2.38. The first-order valence-corrected chi connectivity index (χ1v) is 9.97. The van der Waals surface area contributed by atoms with E-state index in [1.54, 1.807) is 44.2 Å². The summed E-state index contributed by atoms with van der Waals surface area (Å²) in [5.41, 5.74) is 1.88. The van der Waals surface area contributed by atoms with Gasteiger partial charge in [0.2, 0.25) is 5.82 Å². The molecule has 0 fully saturated rings. The zero-order chi connectivity index (χ0) is 20.3. The molecule has 0 aliphatic rings. The summed E-state index contributed by atoms with van der Waals surface area (Å²) in [7, 11) is -3.56. The standard InChI is InChI=1S/C18H16N4O5S/c1-11-17(12(2)26-21-11)18-20-16(22-27-18)10-25-14-6-4-13(5-7-14)8-15(9-19)28(3,23)24/h4-8H,10H2,1-3H3/b15-8+. The molecule has 2 heterocycles. The normalized spacial score (nSPS) is 12.0. The summed E-state index contributed by atoms with van der Waals surface area (Å²) < 4.78 is 38.9. The van der Waals surface area contributed by atoms with Crippen LogP contribution in [0.5, 0.6) is 5.75 Å². The molecule has 3 rings (SSSR count). The predicted molar refractivity (Wildman–Crippen MR) is 98.5 cm³/mol. The van der Waals surface area contributed by atoms with E-state index in [9.17, 15) is 8.42 Å². The maximum absolute atomic E-state index is 11.5. The second kappa shape index (κ2) is 7.66. The zero-order valence-corrected chi connectivity index (χ0v) is 16.1. The molecule has 2 aromatic heterocycles. The lowest BCUT2D eigenvalue weighted by atomic mass is 10.2. The van der Waals surface area contributed by atoms with E-state index < -0.39 is 9.84 Å². The maximum Gasteiger partial charge on any atom is 0.263 e. The summed E-state index contributed by atoms with van der Waals surface area (Å²) in [4.78, 5) is 3.96. The third-order valence-electron chi connectivity index (χ3n) is 3.77. The van der Waals surface area contributed by atoms with Crippen LogP contribution < -0.4 is 4.74 Å². The average molecular weight is 400 g/mol. The predicted octanol–water partition coefficient (Wildman–Crippen LogP) is 2.83. The fourth-order valence-corrected chi connectivity index (χ4v) is 2.90. The molecule has 3 aromatic rings. The second-order valence-corrected chi connectivity index (χ2v) is 7.95. The molecule has 9 nitrogen and oxygen atoms in total. The highest BCUT2D eigenvalue weighted by atomic mass is 32.2. The molecule has 144 valence electrons. The van der Waals surface area contributed by atoms with Crippen molar-refractivity contribution < 1.29 is 22.2 Å². The third kappa shape index (κ3) is 4.27. The quantitative estimate of drug-likeness (QED) is 0.573. The molecule has 0 unspecified atom stereocenters. The Labute approximate surface area is 161 Å². The van der Waals surface area contributed by atoms with E-state index >= 15 is 0 Å². The summed E-state index contributed by atoms with van der Waals surface area (Å²) in [5, 5.41) is 16.7. The summed E-state index contributed by atoms with van der Waals surface area (Å²) >= 11 is 0. The minimum atomic E-state index is -3.56. The molecular weight excluding hydrogens is 384 g/mol. The molecule has 1 aromatic carbocycles. The monoisotopic (exact) mass is 400 g/mol. The number of hydrogen-bond donors (Lipinski definition) is 0. The van der Waals surface area contributed by atoms with E-state index in [1.165, 1.54) is 6.08 Å². The molecule has 10 heteroatoms. The van der Waals surface area contributed by atoms with Crippen LogP contribution in [0.25, 0.3) is 17.5 Å². The molecule has 0 amide bonds. The van der Waals surface area contributed by atoms with E-state index in [-0.39, 0.29) is 11.5 Å². The lowest BCUT2D eigenvalue weighted by molar-refractivity contribution is 0.287. The van der Waals surface area contributed by atoms with Crippen LogP contribution in [0, 0.1) is 25.2 Å². The van der Waals surface area contributed by atoms with Crippen molar-refractivity contribution in [1.29, 1.82) is 5.26 Å². The highest BCUT2D eigenvalue weighted by Crippen LogP contribution is 2.25. The maximum atomic E-state index is 11.5. The van der Waals surface area contributed by atoms with Crippen LogP contribution in [0.2, 0.25) is 0 Å². The van der Waals surface area contributed by atoms with Gasteiger partial charge in [0.25, 0.3) is 5.89 Å². The van der Waals surface area contributed by atoms with Crippen molar-refractivity contribution in [1.82, 2.24) is 15.3 Å². The Morgan fingerprint density at radius 3 is 2.50 bits per heavy atom. The van der Waals surface area contributed by atoms with E-state index in [0.29, 0.717) is 40.0 Å². The Bertz CT molecular complexity index is 1150. The minimum Gasteiger partial charge on any atom is -0.485 e. The Morgan fingerprint density at radius 1 is 1.21 bits per heavy atom. The van der Waals surface area contributed by atoms with Gasteiger partial charge in [0.15, 0.2) is 16.4 Å². The van der Waals surface area contributed by atoms with Crippen molar-refractivity contribution >= 4 is 15.9 Å². The number of aryl methyl sites for hydroxylation is 2. The highest BCUT2D eigenvalue weighted by molar-refractivity contribution is 7.95. The lowest BCUT2D eigenvalue weighted by Crippen LogP contribution is -1.99. The van der Waals surface area contributed by atoms with Crippen LogP contribution in [-0.2, 0) is 16.4 Å². The van der Waals surface area contributed by atoms with Crippen LogP contribution in [-0.4, -0.2) is 30.0 Å². The van der Waals surface area contributed by atoms with E-state index in [2.05, 4.69) is 15.3 Å². The summed E-state index contributed by atoms with van der Waals surface area (Å²) in [6, 6.07) is 8.26. The van der Waals surface area contributed by atoms with Gasteiger partial charge in [-0.05, 0) is 37.6 Å². The van der Waals surface area contributed by atoms with Crippen molar-refractivity contribution in [2.24, 2.45) is 0 Å². The van der Waals surface area contributed by atoms with E-state index in [4.69, 9.17) is 19.0 Å². The van der Waals surface area contributed by atoms with Gasteiger partial charge in [0.1, 0.15) is 28.0 Å². The van der Waals surface area contributed by atoms with Crippen LogP contribution in [0.1, 0.15) is 22.8 Å². The summed E-state index contributed by atoms with van der Waals surface area (Å²) in [6.45, 7) is 3.62. The minimum absolute atomic E-state index is 0.0782. The molecule has 0 aliphatic heterocycles. The number of nitrogens with zero attached hydrogens (tertiary/aromatic N) is 4. The molecule has 28 heavy (non-hydrogen) atoms. The van der Waals surface area contributed by atoms with Gasteiger partial charge in [-0.15, -0.1) is 0 Å². The number of hydrogen-bond acceptors (Lipinski definition) is 9. The van der Waals surface area contributed by atoms with Crippen LogP contribution >= 0.6 is 0 Å². The highest BCUT2D eigenvalue weighted by Gasteiger charge is 2.18. The number of benzene rings is 1. The molecule has 0 N–H and O–H groups in total. The molecule has 0 atom stereocenters. The molecule has 0 spiro atoms. The van der Waals surface area contributed by atoms with Gasteiger partial charge < -0.3 is 13.8 Å². The molecule has 0 aliphatic carbocycles. The average Bonchev–Trinajstić information content (AvgIpc) is 3.24. The van der Waals surface area contributed by atoms with E-state index in [1.807, 2.05) is 0 Å². The number of rotatable bonds is 6. The van der Waals surface area contributed by atoms with Crippen molar-refractivity contribution in [2.75, 3.05) is 6.26 Å². The van der Waals surface area contributed by atoms with Gasteiger partial charge in [-0.2, -0.15) is 10.2 Å². The molecule has 0 saturated heterocycles. The first-order valence-electron chi connectivity index (χ1n) is 8.08. The lowest BCUT2D eigenvalue weighted by Gasteiger charge is -2.03. The van der Waals surface area contributed by atoms with Gasteiger partial charge >= 0.3 is 0 Å². The van der Waals surface area contributed by atoms with Crippen molar-refractivity contribution in [3.63, 3.8) is 0 Å². The Morgan fingerprint density at radius 2 is 1.93 bits per heavy atom. The van der Waals surface area contributed by atoms with Crippen molar-refractivity contribution in [3.8, 4) is 23.3 Å². The molecule has 0 bridgehead atoms. The van der Waals surface area contributed by atoms with Gasteiger partial charge in [-0.25, -0.2) is 8.42 Å². The smallest absolute Gasteiger partial charge is 0.263 e. The number of aromatic nitrogens is 3. The SMILES string of the molecule is Cc1noc(C)c1-c1nc(COc2ccc(/C=C(\C#N)S(C)(=O)=O)cc2)no1. The number of allylic oxidation sites excluding steroid dienone is 1.